The van der Waals surface area contributed by atoms with Gasteiger partial charge in [-0.05, 0) is 74.5 Å². The topological polar surface area (TPSA) is 52.6 Å². The van der Waals surface area contributed by atoms with Crippen molar-refractivity contribution >= 4 is 17.6 Å². The number of nitrogens with zero attached hydrogens (tertiary/aromatic N) is 1. The minimum atomic E-state index is -0.150. The monoisotopic (exact) mass is 340 g/mol. The van der Waals surface area contributed by atoms with Crippen LogP contribution in [0.5, 0.6) is 0 Å². The van der Waals surface area contributed by atoms with E-state index in [1.807, 2.05) is 7.05 Å². The average Bonchev–Trinajstić information content (AvgIpc) is 2.40. The van der Waals surface area contributed by atoms with Crippen molar-refractivity contribution in [3.8, 4) is 0 Å². The van der Waals surface area contributed by atoms with Crippen LogP contribution in [0.1, 0.15) is 51.4 Å². The maximum atomic E-state index is 12.4. The lowest BCUT2D eigenvalue weighted by Crippen LogP contribution is -2.57. The molecule has 5 heteroatoms. The number of aliphatic hydroxyl groups is 1. The number of carbonyl (C=O) groups is 1. The van der Waals surface area contributed by atoms with Crippen LogP contribution < -0.4 is 5.32 Å². The SMILES string of the molecule is CN(CC1CC(O)C1)C(=O)NCC12CC3CC(CC(Cl)(C3)C1)C2. The summed E-state index contributed by atoms with van der Waals surface area (Å²) in [5.41, 5.74) is 0.245. The summed E-state index contributed by atoms with van der Waals surface area (Å²) < 4.78 is 0. The first-order valence-electron chi connectivity index (χ1n) is 9.21. The summed E-state index contributed by atoms with van der Waals surface area (Å²) in [6.07, 6.45) is 8.81. The predicted molar refractivity (Wildman–Crippen MR) is 90.5 cm³/mol. The van der Waals surface area contributed by atoms with Gasteiger partial charge in [0.25, 0.3) is 0 Å². The molecule has 0 spiro atoms. The van der Waals surface area contributed by atoms with Gasteiger partial charge in [0.1, 0.15) is 0 Å². The second kappa shape index (κ2) is 5.52. The first kappa shape index (κ1) is 16.0. The molecule has 0 aromatic carbocycles. The number of amides is 2. The second-order valence-electron chi connectivity index (χ2n) is 9.14. The molecule has 2 amide bonds. The van der Waals surface area contributed by atoms with E-state index in [0.29, 0.717) is 5.92 Å². The molecule has 5 rings (SSSR count). The molecule has 2 N–H and O–H groups in total. The van der Waals surface area contributed by atoms with Crippen molar-refractivity contribution in [2.75, 3.05) is 20.1 Å². The van der Waals surface area contributed by atoms with E-state index in [4.69, 9.17) is 11.6 Å². The van der Waals surface area contributed by atoms with Gasteiger partial charge < -0.3 is 15.3 Å². The van der Waals surface area contributed by atoms with Crippen LogP contribution in [0.15, 0.2) is 0 Å². The standard InChI is InChI=1S/C18H29ClN2O2/c1-21(9-12-3-15(22)4-12)16(23)20-11-17-5-13-2-14(6-17)8-18(19,7-13)10-17/h12-15,22H,2-11H2,1H3,(H,20,23). The molecule has 4 nitrogen and oxygen atoms in total. The molecule has 4 bridgehead atoms. The van der Waals surface area contributed by atoms with Gasteiger partial charge in [0, 0.05) is 25.0 Å². The zero-order valence-corrected chi connectivity index (χ0v) is 14.8. The Kier molecular flexibility index (Phi) is 3.84. The van der Waals surface area contributed by atoms with Crippen LogP contribution in [-0.4, -0.2) is 47.2 Å². The van der Waals surface area contributed by atoms with Crippen molar-refractivity contribution < 1.29 is 9.90 Å². The molecule has 0 aromatic heterocycles. The fourth-order valence-electron chi connectivity index (χ4n) is 6.26. The summed E-state index contributed by atoms with van der Waals surface area (Å²) in [5, 5.41) is 12.5. The summed E-state index contributed by atoms with van der Waals surface area (Å²) >= 11 is 6.86. The summed E-state index contributed by atoms with van der Waals surface area (Å²) in [6, 6.07) is 0.0331. The van der Waals surface area contributed by atoms with Crippen LogP contribution in [0.25, 0.3) is 0 Å². The molecule has 0 aliphatic heterocycles. The number of aliphatic hydroxyl groups excluding tert-OH is 1. The van der Waals surface area contributed by atoms with Crippen molar-refractivity contribution in [1.29, 1.82) is 0 Å². The molecule has 5 saturated carbocycles. The van der Waals surface area contributed by atoms with Gasteiger partial charge in [-0.3, -0.25) is 0 Å². The Labute approximate surface area is 143 Å². The van der Waals surface area contributed by atoms with E-state index in [1.54, 1.807) is 4.90 Å². The predicted octanol–water partition coefficient (Wildman–Crippen LogP) is 2.98. The van der Waals surface area contributed by atoms with E-state index in [9.17, 15) is 9.90 Å². The Bertz CT molecular complexity index is 477. The summed E-state index contributed by atoms with van der Waals surface area (Å²) in [7, 11) is 1.86. The van der Waals surface area contributed by atoms with Gasteiger partial charge in [0.15, 0.2) is 0 Å². The summed E-state index contributed by atoms with van der Waals surface area (Å²) in [4.78, 5) is 14.2. The molecule has 0 aromatic rings. The highest BCUT2D eigenvalue weighted by molar-refractivity contribution is 6.24. The van der Waals surface area contributed by atoms with Gasteiger partial charge in [-0.25, -0.2) is 4.79 Å². The lowest BCUT2D eigenvalue weighted by molar-refractivity contribution is -0.0378. The van der Waals surface area contributed by atoms with Crippen molar-refractivity contribution in [3.63, 3.8) is 0 Å². The number of alkyl halides is 1. The van der Waals surface area contributed by atoms with Gasteiger partial charge in [0.05, 0.1) is 6.10 Å². The smallest absolute Gasteiger partial charge is 0.317 e. The van der Waals surface area contributed by atoms with Crippen LogP contribution in [-0.2, 0) is 0 Å². The maximum absolute atomic E-state index is 12.4. The Balaban J connectivity index is 1.31. The van der Waals surface area contributed by atoms with Crippen LogP contribution in [0.2, 0.25) is 0 Å². The molecule has 0 saturated heterocycles. The zero-order valence-electron chi connectivity index (χ0n) is 14.1. The van der Waals surface area contributed by atoms with E-state index in [2.05, 4.69) is 5.32 Å². The molecule has 2 atom stereocenters. The quantitative estimate of drug-likeness (QED) is 0.773. The van der Waals surface area contributed by atoms with E-state index in [0.717, 1.165) is 44.2 Å². The largest absolute Gasteiger partial charge is 0.393 e. The van der Waals surface area contributed by atoms with Gasteiger partial charge in [0.2, 0.25) is 0 Å². The van der Waals surface area contributed by atoms with E-state index >= 15 is 0 Å². The third kappa shape index (κ3) is 3.09. The normalized spacial score (nSPS) is 47.3. The van der Waals surface area contributed by atoms with Gasteiger partial charge >= 0.3 is 6.03 Å². The number of rotatable bonds is 4. The Morgan fingerprint density at radius 3 is 2.43 bits per heavy atom. The number of halogens is 1. The molecular formula is C18H29ClN2O2. The lowest BCUT2D eigenvalue weighted by Gasteiger charge is -2.60. The van der Waals surface area contributed by atoms with Crippen LogP contribution in [0.3, 0.4) is 0 Å². The Morgan fingerprint density at radius 2 is 1.87 bits per heavy atom. The number of urea groups is 1. The first-order valence-corrected chi connectivity index (χ1v) is 9.59. The van der Waals surface area contributed by atoms with E-state index in [1.165, 1.54) is 32.1 Å². The number of hydrogen-bond donors (Lipinski definition) is 2. The van der Waals surface area contributed by atoms with Gasteiger partial charge in [-0.15, -0.1) is 11.6 Å². The molecule has 5 aliphatic carbocycles. The van der Waals surface area contributed by atoms with Crippen molar-refractivity contribution in [2.24, 2.45) is 23.2 Å². The molecule has 0 heterocycles. The molecular weight excluding hydrogens is 312 g/mol. The van der Waals surface area contributed by atoms with Gasteiger partial charge in [-0.2, -0.15) is 0 Å². The fraction of sp³-hybridized carbons (Fsp3) is 0.944. The van der Waals surface area contributed by atoms with Crippen molar-refractivity contribution in [3.05, 3.63) is 0 Å². The van der Waals surface area contributed by atoms with Crippen molar-refractivity contribution in [1.82, 2.24) is 10.2 Å². The van der Waals surface area contributed by atoms with Crippen molar-refractivity contribution in [2.45, 2.75) is 62.3 Å². The summed E-state index contributed by atoms with van der Waals surface area (Å²) in [6.45, 7) is 1.53. The third-order valence-electron chi connectivity index (χ3n) is 6.82. The van der Waals surface area contributed by atoms with E-state index in [-0.39, 0.29) is 22.4 Å². The average molecular weight is 341 g/mol. The van der Waals surface area contributed by atoms with Crippen LogP contribution in [0, 0.1) is 23.2 Å². The second-order valence-corrected chi connectivity index (χ2v) is 9.94. The Hall–Kier alpha value is -0.480. The molecule has 0 radical (unpaired) electrons. The number of carbonyl (C=O) groups excluding carboxylic acids is 1. The first-order chi connectivity index (χ1) is 10.8. The lowest BCUT2D eigenvalue weighted by atomic mass is 9.49. The molecule has 130 valence electrons. The Morgan fingerprint density at radius 1 is 1.22 bits per heavy atom. The molecule has 5 fully saturated rings. The highest BCUT2D eigenvalue weighted by Gasteiger charge is 2.57. The maximum Gasteiger partial charge on any atom is 0.317 e. The molecule has 23 heavy (non-hydrogen) atoms. The van der Waals surface area contributed by atoms with Crippen LogP contribution in [0.4, 0.5) is 4.79 Å². The van der Waals surface area contributed by atoms with Gasteiger partial charge in [-0.1, -0.05) is 0 Å². The molecule has 2 unspecified atom stereocenters. The van der Waals surface area contributed by atoms with E-state index < -0.39 is 0 Å². The number of nitrogens with one attached hydrogen (secondary N) is 1. The fourth-order valence-corrected chi connectivity index (χ4v) is 6.98. The number of hydrogen-bond acceptors (Lipinski definition) is 2. The van der Waals surface area contributed by atoms with Crippen LogP contribution >= 0.6 is 11.6 Å². The minimum absolute atomic E-state index is 0.0166. The third-order valence-corrected chi connectivity index (χ3v) is 7.26. The highest BCUT2D eigenvalue weighted by atomic mass is 35.5. The minimum Gasteiger partial charge on any atom is -0.393 e. The summed E-state index contributed by atoms with van der Waals surface area (Å²) in [5.74, 6) is 2.02. The molecule has 5 aliphatic rings. The zero-order chi connectivity index (χ0) is 16.2. The highest BCUT2D eigenvalue weighted by Crippen LogP contribution is 2.63.